The Morgan fingerprint density at radius 1 is 0.887 bits per heavy atom. The van der Waals surface area contributed by atoms with Gasteiger partial charge in [0.15, 0.2) is 18.4 Å². The Morgan fingerprint density at radius 3 is 2.32 bits per heavy atom. The molecule has 2 bridgehead atoms. The molecular formula is C48H72O14. The molecule has 62 heavy (non-hydrogen) atoms. The first-order chi connectivity index (χ1) is 29.5. The van der Waals surface area contributed by atoms with Crippen LogP contribution in [-0.4, -0.2) is 139 Å². The molecule has 20 atom stereocenters. The number of carbonyl (C=O) groups excluding carboxylic acids is 1. The smallest absolute Gasteiger partial charge is 0.316 e. The van der Waals surface area contributed by atoms with Gasteiger partial charge < -0.3 is 62.7 Å². The molecular weight excluding hydrogens is 801 g/mol. The SMILES string of the molecule is CC[C@H](C)[C@@H]1OC2(C=CC1C)C[C@H]1C[C@H](C/C=C(\C)C(OC3C[C@H](OC)[C@H](O[C@H]4C[C@H](OC)[C@H](O)[C@H](C)O4)[C@H](C)O3)[C@@H](C)/C=C/C=C3\COC4C(O)C(C)=C[C@@H](C(=O)O1)[C@@]34O)O2. The summed E-state index contributed by atoms with van der Waals surface area (Å²) in [5.41, 5.74) is 0.134. The molecule has 6 aliphatic heterocycles. The third-order valence-electron chi connectivity index (χ3n) is 14.5. The molecule has 7 aliphatic rings. The maximum absolute atomic E-state index is 14.3. The van der Waals surface area contributed by atoms with Crippen molar-refractivity contribution >= 4 is 5.97 Å². The van der Waals surface area contributed by atoms with Gasteiger partial charge in [0.1, 0.15) is 42.0 Å². The molecule has 14 heteroatoms. The minimum absolute atomic E-state index is 0.0317. The lowest BCUT2D eigenvalue weighted by molar-refractivity contribution is -0.318. The number of ether oxygens (including phenoxy) is 10. The van der Waals surface area contributed by atoms with Gasteiger partial charge in [-0.25, -0.2) is 0 Å². The summed E-state index contributed by atoms with van der Waals surface area (Å²) in [6.45, 7) is 16.1. The van der Waals surface area contributed by atoms with Gasteiger partial charge >= 0.3 is 5.97 Å². The highest BCUT2D eigenvalue weighted by Crippen LogP contribution is 2.47. The first kappa shape index (κ1) is 47.6. The van der Waals surface area contributed by atoms with E-state index in [9.17, 15) is 20.1 Å². The Labute approximate surface area is 367 Å². The number of aliphatic hydroxyl groups is 3. The predicted octanol–water partition coefficient (Wildman–Crippen LogP) is 5.38. The topological polar surface area (TPSA) is 170 Å². The number of hydrogen-bond donors (Lipinski definition) is 3. The van der Waals surface area contributed by atoms with E-state index < -0.39 is 90.8 Å². The number of methoxy groups -OCH3 is 2. The second-order valence-electron chi connectivity index (χ2n) is 19.0. The maximum Gasteiger partial charge on any atom is 0.316 e. The predicted molar refractivity (Wildman–Crippen MR) is 227 cm³/mol. The van der Waals surface area contributed by atoms with Crippen LogP contribution in [0.5, 0.6) is 0 Å². The van der Waals surface area contributed by atoms with Gasteiger partial charge in [0.25, 0.3) is 0 Å². The van der Waals surface area contributed by atoms with E-state index in [4.69, 9.17) is 47.4 Å². The standard InChI is InChI=1S/C48H72O14/c1-11-25(2)43-28(5)17-18-47(62-43)23-34-20-33(61-47)16-15-27(4)42(26(3)13-12-14-32-24-55-45-40(49)29(6)19-35(46(51)58-34)48(32,45)52)59-39-22-37(54-10)44(31(8)57-39)60-38-21-36(53-9)41(50)30(7)56-38/h12-15,17-19,25-26,28,30-31,33-45,49-50,52H,11,16,20-24H2,1-10H3/b13-12+,27-15+,32-14+/t25-,26-,28?,30-,31-,33-,34+,35-,36-,37-,38-,39?,40?,41+,42?,43-,44+,45?,47?,48-/m0/s1. The van der Waals surface area contributed by atoms with E-state index in [-0.39, 0.29) is 42.7 Å². The zero-order valence-electron chi connectivity index (χ0n) is 38.2. The fraction of sp³-hybridized carbons (Fsp3) is 0.771. The molecule has 0 radical (unpaired) electrons. The van der Waals surface area contributed by atoms with Crippen LogP contribution in [0, 0.1) is 23.7 Å². The molecule has 14 nitrogen and oxygen atoms in total. The van der Waals surface area contributed by atoms with Crippen molar-refractivity contribution in [2.45, 2.75) is 191 Å². The number of rotatable bonds is 8. The lowest BCUT2D eigenvalue weighted by Gasteiger charge is -2.48. The average Bonchev–Trinajstić information content (AvgIpc) is 3.58. The molecule has 0 aromatic rings. The first-order valence-electron chi connectivity index (χ1n) is 22.9. The van der Waals surface area contributed by atoms with Crippen molar-refractivity contribution < 1.29 is 67.5 Å². The first-order valence-corrected chi connectivity index (χ1v) is 22.9. The van der Waals surface area contributed by atoms with Crippen LogP contribution in [0.4, 0.5) is 0 Å². The van der Waals surface area contributed by atoms with Gasteiger partial charge in [-0.2, -0.15) is 0 Å². The van der Waals surface area contributed by atoms with E-state index in [0.717, 1.165) is 12.0 Å². The van der Waals surface area contributed by atoms with Crippen LogP contribution in [0.25, 0.3) is 0 Å². The summed E-state index contributed by atoms with van der Waals surface area (Å²) in [5.74, 6) is -2.56. The summed E-state index contributed by atoms with van der Waals surface area (Å²) in [4.78, 5) is 14.3. The maximum atomic E-state index is 14.3. The Morgan fingerprint density at radius 2 is 1.60 bits per heavy atom. The van der Waals surface area contributed by atoms with Crippen molar-refractivity contribution in [2.24, 2.45) is 23.7 Å². The second-order valence-corrected chi connectivity index (χ2v) is 19.0. The Kier molecular flexibility index (Phi) is 15.1. The van der Waals surface area contributed by atoms with Crippen LogP contribution in [0.2, 0.25) is 0 Å². The van der Waals surface area contributed by atoms with Gasteiger partial charge in [0, 0.05) is 51.7 Å². The van der Waals surface area contributed by atoms with Crippen molar-refractivity contribution in [1.82, 2.24) is 0 Å². The van der Waals surface area contributed by atoms with E-state index in [1.54, 1.807) is 40.2 Å². The highest BCUT2D eigenvalue weighted by molar-refractivity contribution is 5.78. The highest BCUT2D eigenvalue weighted by Gasteiger charge is 2.60. The third kappa shape index (κ3) is 9.64. The molecule has 348 valence electrons. The van der Waals surface area contributed by atoms with E-state index in [2.05, 4.69) is 39.8 Å². The van der Waals surface area contributed by atoms with Gasteiger partial charge in [-0.05, 0) is 62.8 Å². The van der Waals surface area contributed by atoms with Crippen LogP contribution in [0.1, 0.15) is 93.9 Å². The molecule has 4 fully saturated rings. The van der Waals surface area contributed by atoms with E-state index in [1.165, 1.54) is 0 Å². The number of aliphatic hydroxyl groups excluding tert-OH is 2. The van der Waals surface area contributed by atoms with Crippen molar-refractivity contribution in [3.8, 4) is 0 Å². The minimum Gasteiger partial charge on any atom is -0.462 e. The summed E-state index contributed by atoms with van der Waals surface area (Å²) < 4.78 is 63.7. The number of hydrogen-bond acceptors (Lipinski definition) is 14. The quantitative estimate of drug-likeness (QED) is 0.210. The molecule has 0 aromatic carbocycles. The Balaban J connectivity index is 1.18. The van der Waals surface area contributed by atoms with Crippen LogP contribution in [0.15, 0.2) is 59.3 Å². The van der Waals surface area contributed by atoms with Crippen LogP contribution < -0.4 is 0 Å². The molecule has 4 saturated heterocycles. The summed E-state index contributed by atoms with van der Waals surface area (Å²) >= 11 is 0. The highest BCUT2D eigenvalue weighted by atomic mass is 16.7. The van der Waals surface area contributed by atoms with Crippen LogP contribution in [0.3, 0.4) is 0 Å². The molecule has 0 amide bonds. The summed E-state index contributed by atoms with van der Waals surface area (Å²) in [6.07, 6.45) is 8.55. The van der Waals surface area contributed by atoms with E-state index in [0.29, 0.717) is 43.3 Å². The summed E-state index contributed by atoms with van der Waals surface area (Å²) in [7, 11) is 3.22. The minimum atomic E-state index is -1.84. The zero-order valence-corrected chi connectivity index (χ0v) is 38.2. The van der Waals surface area contributed by atoms with Crippen molar-refractivity contribution in [3.05, 3.63) is 59.3 Å². The van der Waals surface area contributed by atoms with Crippen LogP contribution >= 0.6 is 0 Å². The Bertz CT molecular complexity index is 1730. The zero-order chi connectivity index (χ0) is 44.7. The molecule has 0 saturated carbocycles. The van der Waals surface area contributed by atoms with Gasteiger partial charge in [0.2, 0.25) is 0 Å². The van der Waals surface area contributed by atoms with Crippen LogP contribution in [-0.2, 0) is 52.2 Å². The normalized spacial score (nSPS) is 49.1. The fourth-order valence-corrected chi connectivity index (χ4v) is 10.6. The van der Waals surface area contributed by atoms with Crippen molar-refractivity contribution in [3.63, 3.8) is 0 Å². The largest absolute Gasteiger partial charge is 0.462 e. The number of carbonyl (C=O) groups is 1. The van der Waals surface area contributed by atoms with Crippen molar-refractivity contribution in [2.75, 3.05) is 20.8 Å². The monoisotopic (exact) mass is 872 g/mol. The van der Waals surface area contributed by atoms with Crippen molar-refractivity contribution in [1.29, 1.82) is 0 Å². The van der Waals surface area contributed by atoms with Gasteiger partial charge in [-0.3, -0.25) is 4.79 Å². The third-order valence-corrected chi connectivity index (χ3v) is 14.5. The molecule has 1 spiro atoms. The molecule has 6 heterocycles. The number of fused-ring (bicyclic) bond motifs is 2. The average molecular weight is 873 g/mol. The van der Waals surface area contributed by atoms with E-state index >= 15 is 0 Å². The van der Waals surface area contributed by atoms with E-state index in [1.807, 2.05) is 32.1 Å². The number of allylic oxidation sites excluding steroid dienone is 2. The molecule has 3 N–H and O–H groups in total. The summed E-state index contributed by atoms with van der Waals surface area (Å²) in [5, 5.41) is 34.2. The summed E-state index contributed by atoms with van der Waals surface area (Å²) in [6, 6.07) is 0. The van der Waals surface area contributed by atoms with Gasteiger partial charge in [-0.15, -0.1) is 0 Å². The Hall–Kier alpha value is -2.31. The molecule has 7 rings (SSSR count). The van der Waals surface area contributed by atoms with Gasteiger partial charge in [0.05, 0.1) is 49.3 Å². The second kappa shape index (κ2) is 19.7. The molecule has 0 aromatic heterocycles. The fourth-order valence-electron chi connectivity index (χ4n) is 10.6. The number of esters is 1. The lowest BCUT2D eigenvalue weighted by atomic mass is 9.71. The lowest BCUT2D eigenvalue weighted by Crippen LogP contribution is -2.58. The van der Waals surface area contributed by atoms with Gasteiger partial charge in [-0.1, -0.05) is 70.6 Å². The molecule has 6 unspecified atom stereocenters. The molecule has 1 aliphatic carbocycles.